The monoisotopic (exact) mass is 419 g/mol. The normalized spacial score (nSPS) is 15.2. The van der Waals surface area contributed by atoms with E-state index >= 15 is 0 Å². The predicted molar refractivity (Wildman–Crippen MR) is 113 cm³/mol. The summed E-state index contributed by atoms with van der Waals surface area (Å²) in [6.07, 6.45) is 8.28. The summed E-state index contributed by atoms with van der Waals surface area (Å²) in [5.74, 6) is -0.764. The van der Waals surface area contributed by atoms with Gasteiger partial charge in [-0.1, -0.05) is 44.7 Å². The summed E-state index contributed by atoms with van der Waals surface area (Å²) in [7, 11) is 0. The predicted octanol–water partition coefficient (Wildman–Crippen LogP) is 2.48. The van der Waals surface area contributed by atoms with Crippen molar-refractivity contribution >= 4 is 11.8 Å². The van der Waals surface area contributed by atoms with Crippen molar-refractivity contribution in [3.63, 3.8) is 0 Å². The fraction of sp³-hybridized carbons (Fsp3) is 0.545. The first kappa shape index (κ1) is 23.5. The third kappa shape index (κ3) is 7.94. The Bertz CT molecular complexity index is 731. The molecule has 1 aliphatic rings. The first-order valence-electron chi connectivity index (χ1n) is 10.5. The lowest BCUT2D eigenvalue weighted by Gasteiger charge is -2.24. The zero-order chi connectivity index (χ0) is 21.9. The summed E-state index contributed by atoms with van der Waals surface area (Å²) in [4.78, 5) is 24.2. The lowest BCUT2D eigenvalue weighted by Crippen LogP contribution is -2.46. The van der Waals surface area contributed by atoms with Gasteiger partial charge in [0.1, 0.15) is 6.04 Å². The molecule has 30 heavy (non-hydrogen) atoms. The number of phenols is 2. The highest BCUT2D eigenvalue weighted by molar-refractivity contribution is 5.88. The van der Waals surface area contributed by atoms with Crippen molar-refractivity contribution in [2.45, 2.75) is 63.8 Å². The van der Waals surface area contributed by atoms with Crippen LogP contribution in [0, 0.1) is 5.92 Å². The molecule has 0 unspecified atom stereocenters. The Hall–Kier alpha value is -2.74. The average molecular weight is 420 g/mol. The number of carbonyl (C=O) groups is 2. The number of hydrogen-bond acceptors (Lipinski definition) is 6. The molecule has 1 aliphatic carbocycles. The molecule has 1 aromatic rings. The van der Waals surface area contributed by atoms with E-state index in [0.29, 0.717) is 18.0 Å². The van der Waals surface area contributed by atoms with Crippen molar-refractivity contribution in [1.29, 1.82) is 0 Å². The molecular formula is C22H33N3O5. The largest absolute Gasteiger partial charge is 0.504 e. The van der Waals surface area contributed by atoms with Crippen LogP contribution in [0.15, 0.2) is 30.5 Å². The molecule has 1 saturated carbocycles. The van der Waals surface area contributed by atoms with Crippen molar-refractivity contribution in [2.24, 2.45) is 5.92 Å². The van der Waals surface area contributed by atoms with Crippen molar-refractivity contribution < 1.29 is 25.0 Å². The molecule has 0 saturated heterocycles. The van der Waals surface area contributed by atoms with Gasteiger partial charge in [-0.15, -0.1) is 0 Å². The summed E-state index contributed by atoms with van der Waals surface area (Å²) in [6.45, 7) is 4.29. The summed E-state index contributed by atoms with van der Waals surface area (Å²) in [6, 6.07) is 3.63. The van der Waals surface area contributed by atoms with Gasteiger partial charge in [-0.25, -0.2) is 5.48 Å². The Morgan fingerprint density at radius 3 is 2.53 bits per heavy atom. The second kappa shape index (κ2) is 12.1. The van der Waals surface area contributed by atoms with E-state index in [9.17, 15) is 19.8 Å². The first-order chi connectivity index (χ1) is 14.4. The van der Waals surface area contributed by atoms with Crippen molar-refractivity contribution in [3.8, 4) is 11.5 Å². The van der Waals surface area contributed by atoms with Crippen LogP contribution in [0.2, 0.25) is 0 Å². The Kier molecular flexibility index (Phi) is 9.47. The molecule has 0 spiro atoms. The van der Waals surface area contributed by atoms with Gasteiger partial charge in [0, 0.05) is 12.2 Å². The lowest BCUT2D eigenvalue weighted by atomic mass is 9.86. The molecule has 0 bridgehead atoms. The number of hydrogen-bond donors (Lipinski definition) is 6. The SMILES string of the molecule is C=C(CCC1CCCCC1)N[C@H](CC(=O)NO)C(=O)NCCc1ccc(O)c(O)c1. The van der Waals surface area contributed by atoms with E-state index in [2.05, 4.69) is 17.2 Å². The molecule has 2 rings (SSSR count). The van der Waals surface area contributed by atoms with Crippen LogP contribution in [-0.4, -0.2) is 39.8 Å². The zero-order valence-corrected chi connectivity index (χ0v) is 17.3. The number of benzene rings is 1. The first-order valence-corrected chi connectivity index (χ1v) is 10.5. The smallest absolute Gasteiger partial charge is 0.245 e. The number of hydroxylamine groups is 1. The molecule has 0 heterocycles. The van der Waals surface area contributed by atoms with Gasteiger partial charge < -0.3 is 20.8 Å². The van der Waals surface area contributed by atoms with Crippen molar-refractivity contribution in [2.75, 3.05) is 6.54 Å². The molecule has 2 amide bonds. The highest BCUT2D eigenvalue weighted by Crippen LogP contribution is 2.28. The molecular weight excluding hydrogens is 386 g/mol. The maximum atomic E-state index is 12.6. The summed E-state index contributed by atoms with van der Waals surface area (Å²) >= 11 is 0. The van der Waals surface area contributed by atoms with Crippen LogP contribution < -0.4 is 16.1 Å². The fourth-order valence-corrected chi connectivity index (χ4v) is 3.79. The highest BCUT2D eigenvalue weighted by Gasteiger charge is 2.22. The van der Waals surface area contributed by atoms with E-state index in [4.69, 9.17) is 5.21 Å². The molecule has 8 nitrogen and oxygen atoms in total. The maximum absolute atomic E-state index is 12.6. The van der Waals surface area contributed by atoms with Crippen LogP contribution in [0.1, 0.15) is 56.9 Å². The van der Waals surface area contributed by atoms with Gasteiger partial charge in [0.25, 0.3) is 0 Å². The van der Waals surface area contributed by atoms with Crippen LogP contribution in [0.5, 0.6) is 11.5 Å². The second-order valence-corrected chi connectivity index (χ2v) is 7.95. The van der Waals surface area contributed by atoms with E-state index in [-0.39, 0.29) is 30.4 Å². The Labute approximate surface area is 177 Å². The number of amides is 2. The highest BCUT2D eigenvalue weighted by atomic mass is 16.5. The number of aromatic hydroxyl groups is 2. The summed E-state index contributed by atoms with van der Waals surface area (Å²) < 4.78 is 0. The Morgan fingerprint density at radius 1 is 1.13 bits per heavy atom. The van der Waals surface area contributed by atoms with Crippen LogP contribution in [0.25, 0.3) is 0 Å². The Morgan fingerprint density at radius 2 is 1.87 bits per heavy atom. The number of carbonyl (C=O) groups excluding carboxylic acids is 2. The van der Waals surface area contributed by atoms with Gasteiger partial charge in [0.2, 0.25) is 11.8 Å². The van der Waals surface area contributed by atoms with Crippen LogP contribution in [0.3, 0.4) is 0 Å². The molecule has 1 fully saturated rings. The van der Waals surface area contributed by atoms with Crippen molar-refractivity contribution in [1.82, 2.24) is 16.1 Å². The molecule has 1 atom stereocenters. The van der Waals surface area contributed by atoms with Gasteiger partial charge in [0.15, 0.2) is 11.5 Å². The van der Waals surface area contributed by atoms with Crippen molar-refractivity contribution in [3.05, 3.63) is 36.0 Å². The van der Waals surface area contributed by atoms with E-state index < -0.39 is 11.9 Å². The minimum atomic E-state index is -0.843. The standard InChI is InChI=1S/C22H33N3O5/c1-15(7-8-16-5-3-2-4-6-16)24-18(14-21(28)25-30)22(29)23-12-11-17-9-10-19(26)20(27)13-17/h9-10,13,16,18,24,26-27,30H,1-8,11-12,14H2,(H,23,29)(H,25,28)/t18-/m1/s1. The topological polar surface area (TPSA) is 131 Å². The van der Waals surface area contributed by atoms with Gasteiger partial charge >= 0.3 is 0 Å². The molecule has 8 heteroatoms. The van der Waals surface area contributed by atoms with Crippen LogP contribution in [-0.2, 0) is 16.0 Å². The third-order valence-corrected chi connectivity index (χ3v) is 5.54. The number of phenolic OH excluding ortho intramolecular Hbond substituents is 2. The molecule has 0 aromatic heterocycles. The van der Waals surface area contributed by atoms with Gasteiger partial charge in [-0.3, -0.25) is 14.8 Å². The minimum absolute atomic E-state index is 0.200. The zero-order valence-electron chi connectivity index (χ0n) is 17.3. The van der Waals surface area contributed by atoms with Gasteiger partial charge in [-0.05, 0) is 42.9 Å². The average Bonchev–Trinajstić information content (AvgIpc) is 2.74. The van der Waals surface area contributed by atoms with Crippen LogP contribution in [0.4, 0.5) is 0 Å². The maximum Gasteiger partial charge on any atom is 0.245 e. The number of nitrogens with one attached hydrogen (secondary N) is 3. The molecule has 0 radical (unpaired) electrons. The molecule has 6 N–H and O–H groups in total. The number of rotatable bonds is 11. The van der Waals surface area contributed by atoms with Gasteiger partial charge in [-0.2, -0.15) is 0 Å². The van der Waals surface area contributed by atoms with E-state index in [1.54, 1.807) is 11.5 Å². The third-order valence-electron chi connectivity index (χ3n) is 5.54. The summed E-state index contributed by atoms with van der Waals surface area (Å²) in [5, 5.41) is 33.5. The number of allylic oxidation sites excluding steroid dienone is 1. The molecule has 1 aromatic carbocycles. The molecule has 0 aliphatic heterocycles. The minimum Gasteiger partial charge on any atom is -0.504 e. The fourth-order valence-electron chi connectivity index (χ4n) is 3.79. The lowest BCUT2D eigenvalue weighted by molar-refractivity contribution is -0.133. The molecule has 166 valence electrons. The van der Waals surface area contributed by atoms with E-state index in [1.807, 2.05) is 0 Å². The second-order valence-electron chi connectivity index (χ2n) is 7.95. The Balaban J connectivity index is 1.83. The quantitative estimate of drug-likeness (QED) is 0.186. The van der Waals surface area contributed by atoms with E-state index in [0.717, 1.165) is 18.4 Å². The van der Waals surface area contributed by atoms with Gasteiger partial charge in [0.05, 0.1) is 6.42 Å². The van der Waals surface area contributed by atoms with E-state index in [1.165, 1.54) is 44.2 Å². The summed E-state index contributed by atoms with van der Waals surface area (Å²) in [5.41, 5.74) is 3.01. The van der Waals surface area contributed by atoms with Crippen LogP contribution >= 0.6 is 0 Å².